The van der Waals surface area contributed by atoms with Gasteiger partial charge in [0.05, 0.1) is 12.9 Å². The van der Waals surface area contributed by atoms with Gasteiger partial charge in [0.2, 0.25) is 0 Å². The first kappa shape index (κ1) is 20.1. The van der Waals surface area contributed by atoms with Gasteiger partial charge in [-0.05, 0) is 48.2 Å². The molecule has 0 atom stereocenters. The van der Waals surface area contributed by atoms with Gasteiger partial charge in [0, 0.05) is 21.8 Å². The Morgan fingerprint density at radius 2 is 1.88 bits per heavy atom. The molecule has 0 spiro atoms. The minimum absolute atomic E-state index is 0.00721. The molecule has 26 heavy (non-hydrogen) atoms. The monoisotopic (exact) mass is 388 g/mol. The SMILES string of the molecule is COc1ccc(C(=O)C=Cc2ccc(SC)cc2)cc1CSCC(=O)O. The molecule has 1 N–H and O–H groups in total. The number of aliphatic carboxylic acids is 1. The molecule has 0 aliphatic heterocycles. The first-order valence-corrected chi connectivity index (χ1v) is 10.2. The van der Waals surface area contributed by atoms with E-state index < -0.39 is 5.97 Å². The first-order valence-electron chi connectivity index (χ1n) is 7.86. The van der Waals surface area contributed by atoms with Crippen LogP contribution in [-0.2, 0) is 10.5 Å². The number of carbonyl (C=O) groups excluding carboxylic acids is 1. The molecule has 4 nitrogen and oxygen atoms in total. The van der Waals surface area contributed by atoms with Crippen molar-refractivity contribution >= 4 is 41.4 Å². The summed E-state index contributed by atoms with van der Waals surface area (Å²) in [7, 11) is 1.56. The Morgan fingerprint density at radius 3 is 2.50 bits per heavy atom. The highest BCUT2D eigenvalue weighted by Crippen LogP contribution is 2.25. The molecule has 0 fully saturated rings. The van der Waals surface area contributed by atoms with Crippen molar-refractivity contribution in [1.29, 1.82) is 0 Å². The summed E-state index contributed by atoms with van der Waals surface area (Å²) in [6.07, 6.45) is 5.35. The Hall–Kier alpha value is -2.18. The van der Waals surface area contributed by atoms with E-state index in [9.17, 15) is 9.59 Å². The van der Waals surface area contributed by atoms with Crippen LogP contribution in [0.4, 0.5) is 0 Å². The molecule has 0 aliphatic rings. The van der Waals surface area contributed by atoms with Crippen LogP contribution in [0.3, 0.4) is 0 Å². The zero-order valence-corrected chi connectivity index (χ0v) is 16.2. The van der Waals surface area contributed by atoms with Crippen molar-refractivity contribution in [2.24, 2.45) is 0 Å². The lowest BCUT2D eigenvalue weighted by molar-refractivity contribution is -0.133. The highest BCUT2D eigenvalue weighted by atomic mass is 32.2. The molecule has 0 aromatic heterocycles. The second-order valence-electron chi connectivity index (χ2n) is 5.38. The molecule has 2 aromatic carbocycles. The Morgan fingerprint density at radius 1 is 1.15 bits per heavy atom. The van der Waals surface area contributed by atoms with E-state index >= 15 is 0 Å². The number of ketones is 1. The number of hydrogen-bond acceptors (Lipinski definition) is 5. The van der Waals surface area contributed by atoms with E-state index in [1.807, 2.05) is 30.5 Å². The number of methoxy groups -OCH3 is 1. The number of thioether (sulfide) groups is 2. The fourth-order valence-corrected chi connectivity index (χ4v) is 3.41. The van der Waals surface area contributed by atoms with Gasteiger partial charge in [-0.3, -0.25) is 9.59 Å². The Balaban J connectivity index is 2.11. The van der Waals surface area contributed by atoms with E-state index in [1.165, 1.54) is 16.7 Å². The van der Waals surface area contributed by atoms with Crippen LogP contribution in [0.15, 0.2) is 53.4 Å². The van der Waals surface area contributed by atoms with Crippen molar-refractivity contribution in [3.8, 4) is 5.75 Å². The number of benzene rings is 2. The lowest BCUT2D eigenvalue weighted by atomic mass is 10.1. The number of ether oxygens (including phenoxy) is 1. The minimum atomic E-state index is -0.864. The van der Waals surface area contributed by atoms with E-state index in [4.69, 9.17) is 9.84 Å². The Labute approximate surface area is 161 Å². The van der Waals surface area contributed by atoms with Gasteiger partial charge in [-0.2, -0.15) is 0 Å². The van der Waals surface area contributed by atoms with Crippen LogP contribution in [0, 0.1) is 0 Å². The quantitative estimate of drug-likeness (QED) is 0.384. The van der Waals surface area contributed by atoms with Gasteiger partial charge in [0.1, 0.15) is 5.75 Å². The van der Waals surface area contributed by atoms with Crippen LogP contribution in [0.5, 0.6) is 5.75 Å². The molecule has 0 amide bonds. The van der Waals surface area contributed by atoms with E-state index in [0.29, 0.717) is 17.1 Å². The summed E-state index contributed by atoms with van der Waals surface area (Å²) >= 11 is 2.94. The largest absolute Gasteiger partial charge is 0.496 e. The second kappa shape index (κ2) is 10.1. The van der Waals surface area contributed by atoms with Gasteiger partial charge in [0.15, 0.2) is 5.78 Å². The van der Waals surface area contributed by atoms with Gasteiger partial charge in [0.25, 0.3) is 0 Å². The number of carboxylic acid groups (broad SMARTS) is 1. The standard InChI is InChI=1S/C20H20O4S2/c1-24-19-10-6-15(11-16(19)12-26-13-20(22)23)18(21)9-5-14-3-7-17(25-2)8-4-14/h3-11H,12-13H2,1-2H3,(H,22,23). The molecule has 0 saturated carbocycles. The number of rotatable bonds is 9. The molecule has 2 rings (SSSR count). The zero-order chi connectivity index (χ0) is 18.9. The van der Waals surface area contributed by atoms with Crippen LogP contribution >= 0.6 is 23.5 Å². The third-order valence-electron chi connectivity index (χ3n) is 3.59. The van der Waals surface area contributed by atoms with Crippen LogP contribution in [0.25, 0.3) is 6.08 Å². The number of hydrogen-bond donors (Lipinski definition) is 1. The first-order chi connectivity index (χ1) is 12.5. The number of carbonyl (C=O) groups is 2. The highest BCUT2D eigenvalue weighted by molar-refractivity contribution is 7.99. The van der Waals surface area contributed by atoms with Gasteiger partial charge in [-0.1, -0.05) is 18.2 Å². The van der Waals surface area contributed by atoms with Crippen LogP contribution < -0.4 is 4.74 Å². The molecule has 0 radical (unpaired) electrons. The zero-order valence-electron chi connectivity index (χ0n) is 14.6. The van der Waals surface area contributed by atoms with Crippen molar-refractivity contribution in [3.05, 3.63) is 65.2 Å². The molecular weight excluding hydrogens is 368 g/mol. The number of carboxylic acids is 1. The third kappa shape index (κ3) is 5.97. The predicted molar refractivity (Wildman–Crippen MR) is 108 cm³/mol. The lowest BCUT2D eigenvalue weighted by Gasteiger charge is -2.09. The van der Waals surface area contributed by atoms with Crippen molar-refractivity contribution in [2.75, 3.05) is 19.1 Å². The summed E-state index contributed by atoms with van der Waals surface area (Å²) < 4.78 is 5.30. The van der Waals surface area contributed by atoms with Crippen molar-refractivity contribution in [3.63, 3.8) is 0 Å². The van der Waals surface area contributed by atoms with E-state index in [0.717, 1.165) is 11.1 Å². The summed E-state index contributed by atoms with van der Waals surface area (Å²) in [4.78, 5) is 24.3. The molecule has 0 unspecified atom stereocenters. The minimum Gasteiger partial charge on any atom is -0.496 e. The Bertz CT molecular complexity index is 798. The Kier molecular flexibility index (Phi) is 7.81. The highest BCUT2D eigenvalue weighted by Gasteiger charge is 2.09. The van der Waals surface area contributed by atoms with E-state index in [2.05, 4.69) is 0 Å². The summed E-state index contributed by atoms with van der Waals surface area (Å²) in [6.45, 7) is 0. The smallest absolute Gasteiger partial charge is 0.313 e. The molecule has 136 valence electrons. The fraction of sp³-hybridized carbons (Fsp3) is 0.200. The van der Waals surface area contributed by atoms with E-state index in [1.54, 1.807) is 49.2 Å². The molecule has 0 aliphatic carbocycles. The van der Waals surface area contributed by atoms with Gasteiger partial charge in [-0.15, -0.1) is 23.5 Å². The number of allylic oxidation sites excluding steroid dienone is 1. The molecule has 0 heterocycles. The van der Waals surface area contributed by atoms with Gasteiger partial charge >= 0.3 is 5.97 Å². The maximum Gasteiger partial charge on any atom is 0.313 e. The molecule has 2 aromatic rings. The molecule has 6 heteroatoms. The summed E-state index contributed by atoms with van der Waals surface area (Å²) in [5, 5.41) is 8.76. The summed E-state index contributed by atoms with van der Waals surface area (Å²) in [6, 6.07) is 13.2. The predicted octanol–water partition coefficient (Wildman–Crippen LogP) is 4.63. The van der Waals surface area contributed by atoms with Crippen LogP contribution in [-0.4, -0.2) is 36.0 Å². The molecular formula is C20H20O4S2. The maximum absolute atomic E-state index is 12.4. The fourth-order valence-electron chi connectivity index (χ4n) is 2.28. The maximum atomic E-state index is 12.4. The van der Waals surface area contributed by atoms with Gasteiger partial charge < -0.3 is 9.84 Å². The average Bonchev–Trinajstić information content (AvgIpc) is 2.66. The third-order valence-corrected chi connectivity index (χ3v) is 5.30. The topological polar surface area (TPSA) is 63.6 Å². The average molecular weight is 389 g/mol. The van der Waals surface area contributed by atoms with Crippen LogP contribution in [0.1, 0.15) is 21.5 Å². The lowest BCUT2D eigenvalue weighted by Crippen LogP contribution is -2.01. The van der Waals surface area contributed by atoms with Crippen molar-refractivity contribution < 1.29 is 19.4 Å². The van der Waals surface area contributed by atoms with Crippen LogP contribution in [0.2, 0.25) is 0 Å². The van der Waals surface area contributed by atoms with E-state index in [-0.39, 0.29) is 11.5 Å². The molecule has 0 saturated heterocycles. The second-order valence-corrected chi connectivity index (χ2v) is 7.25. The van der Waals surface area contributed by atoms with Gasteiger partial charge in [-0.25, -0.2) is 0 Å². The van der Waals surface area contributed by atoms with Crippen molar-refractivity contribution in [2.45, 2.75) is 10.6 Å². The van der Waals surface area contributed by atoms with Crippen molar-refractivity contribution in [1.82, 2.24) is 0 Å². The summed E-state index contributed by atoms with van der Waals surface area (Å²) in [5.74, 6) is 0.155. The normalized spacial score (nSPS) is 10.8. The summed E-state index contributed by atoms with van der Waals surface area (Å²) in [5.41, 5.74) is 2.32. The molecule has 0 bridgehead atoms.